The van der Waals surface area contributed by atoms with Crippen LogP contribution in [0, 0.1) is 6.92 Å². The van der Waals surface area contributed by atoms with Crippen molar-refractivity contribution in [2.45, 2.75) is 25.6 Å². The highest BCUT2D eigenvalue weighted by Crippen LogP contribution is 2.45. The predicted molar refractivity (Wildman–Crippen MR) is 84.3 cm³/mol. The average Bonchev–Trinajstić information content (AvgIpc) is 2.50. The second kappa shape index (κ2) is 7.04. The van der Waals surface area contributed by atoms with Gasteiger partial charge in [0, 0.05) is 25.2 Å². The van der Waals surface area contributed by atoms with E-state index in [1.807, 2.05) is 18.9 Å². The molecule has 0 heterocycles. The molecular formula is C16H21F3N2O2. The Balaban J connectivity index is 3.46. The molecule has 0 amide bonds. The maximum absolute atomic E-state index is 13.2. The third kappa shape index (κ3) is 3.85. The van der Waals surface area contributed by atoms with Crippen molar-refractivity contribution in [2.24, 2.45) is 4.99 Å². The van der Waals surface area contributed by atoms with Gasteiger partial charge in [-0.25, -0.2) is 4.99 Å². The Morgan fingerprint density at radius 3 is 2.43 bits per heavy atom. The standard InChI is InChI=1S/C16H21F3N2O2/c1-6-15(22,16(17,18)19)12-8-11(3)13(9-14(12)23-5)20-10-21(4)7-2/h6,8-10,22H,1,7H2,2-5H3/b20-10+. The number of benzene rings is 1. The van der Waals surface area contributed by atoms with Crippen LogP contribution in [0.2, 0.25) is 0 Å². The zero-order valence-electron chi connectivity index (χ0n) is 13.6. The second-order valence-electron chi connectivity index (χ2n) is 5.13. The van der Waals surface area contributed by atoms with Gasteiger partial charge in [0.05, 0.1) is 19.1 Å². The van der Waals surface area contributed by atoms with Gasteiger partial charge >= 0.3 is 6.18 Å². The third-order valence-electron chi connectivity index (χ3n) is 3.55. The Morgan fingerprint density at radius 1 is 1.39 bits per heavy atom. The van der Waals surface area contributed by atoms with E-state index in [0.717, 1.165) is 6.54 Å². The Morgan fingerprint density at radius 2 is 2.00 bits per heavy atom. The molecule has 1 unspecified atom stereocenters. The van der Waals surface area contributed by atoms with Crippen LogP contribution in [0.25, 0.3) is 0 Å². The minimum absolute atomic E-state index is 0.110. The molecule has 0 saturated carbocycles. The predicted octanol–water partition coefficient (Wildman–Crippen LogP) is 3.55. The third-order valence-corrected chi connectivity index (χ3v) is 3.55. The van der Waals surface area contributed by atoms with E-state index in [1.54, 1.807) is 13.3 Å². The molecule has 0 bridgehead atoms. The van der Waals surface area contributed by atoms with Crippen LogP contribution in [-0.4, -0.2) is 43.2 Å². The summed E-state index contributed by atoms with van der Waals surface area (Å²) in [6.07, 6.45) is -2.88. The highest BCUT2D eigenvalue weighted by molar-refractivity contribution is 5.65. The molecule has 0 saturated heterocycles. The summed E-state index contributed by atoms with van der Waals surface area (Å²) in [6, 6.07) is 2.58. The smallest absolute Gasteiger partial charge is 0.425 e. The van der Waals surface area contributed by atoms with Gasteiger partial charge in [-0.1, -0.05) is 6.58 Å². The van der Waals surface area contributed by atoms with Crippen LogP contribution >= 0.6 is 0 Å². The summed E-state index contributed by atoms with van der Waals surface area (Å²) in [5, 5.41) is 10.0. The first-order chi connectivity index (χ1) is 10.6. The van der Waals surface area contributed by atoms with Gasteiger partial charge in [-0.05, 0) is 31.6 Å². The molecular weight excluding hydrogens is 309 g/mol. The number of aliphatic hydroxyl groups is 1. The Kier molecular flexibility index (Phi) is 5.82. The summed E-state index contributed by atoms with van der Waals surface area (Å²) in [5.41, 5.74) is -2.67. The number of ether oxygens (including phenoxy) is 1. The molecule has 0 aliphatic heterocycles. The molecule has 0 aromatic heterocycles. The molecule has 128 valence electrons. The van der Waals surface area contributed by atoms with Crippen LogP contribution in [0.1, 0.15) is 18.1 Å². The average molecular weight is 330 g/mol. The zero-order chi connectivity index (χ0) is 17.8. The monoisotopic (exact) mass is 330 g/mol. The van der Waals surface area contributed by atoms with Crippen molar-refractivity contribution >= 4 is 12.0 Å². The van der Waals surface area contributed by atoms with Crippen molar-refractivity contribution in [3.63, 3.8) is 0 Å². The van der Waals surface area contributed by atoms with E-state index in [0.29, 0.717) is 17.3 Å². The SMILES string of the molecule is C=CC(O)(c1cc(C)c(/N=C/N(C)CC)cc1OC)C(F)(F)F. The molecule has 7 heteroatoms. The van der Waals surface area contributed by atoms with E-state index in [1.165, 1.54) is 19.2 Å². The number of rotatable bonds is 6. The molecule has 0 radical (unpaired) electrons. The summed E-state index contributed by atoms with van der Waals surface area (Å²) < 4.78 is 44.7. The fraction of sp³-hybridized carbons (Fsp3) is 0.438. The minimum atomic E-state index is -4.91. The Hall–Kier alpha value is -2.02. The first-order valence-electron chi connectivity index (χ1n) is 6.97. The quantitative estimate of drug-likeness (QED) is 0.493. The van der Waals surface area contributed by atoms with Crippen LogP contribution in [-0.2, 0) is 5.60 Å². The highest BCUT2D eigenvalue weighted by atomic mass is 19.4. The normalized spacial score (nSPS) is 14.6. The fourth-order valence-corrected chi connectivity index (χ4v) is 1.90. The second-order valence-corrected chi connectivity index (χ2v) is 5.13. The van der Waals surface area contributed by atoms with Gasteiger partial charge in [-0.15, -0.1) is 0 Å². The molecule has 0 aliphatic carbocycles. The molecule has 23 heavy (non-hydrogen) atoms. The summed E-state index contributed by atoms with van der Waals surface area (Å²) in [5.74, 6) is -0.110. The minimum Gasteiger partial charge on any atom is -0.496 e. The first kappa shape index (κ1) is 19.0. The zero-order valence-corrected chi connectivity index (χ0v) is 13.6. The van der Waals surface area contributed by atoms with Crippen molar-refractivity contribution in [3.8, 4) is 5.75 Å². The molecule has 1 rings (SSSR count). The van der Waals surface area contributed by atoms with E-state index >= 15 is 0 Å². The first-order valence-corrected chi connectivity index (χ1v) is 6.97. The van der Waals surface area contributed by atoms with Gasteiger partial charge in [0.1, 0.15) is 5.75 Å². The molecule has 0 spiro atoms. The molecule has 1 aromatic carbocycles. The number of alkyl halides is 3. The van der Waals surface area contributed by atoms with E-state index < -0.39 is 17.3 Å². The number of methoxy groups -OCH3 is 1. The van der Waals surface area contributed by atoms with Gasteiger partial charge < -0.3 is 14.7 Å². The van der Waals surface area contributed by atoms with E-state index in [9.17, 15) is 18.3 Å². The number of aryl methyl sites for hydroxylation is 1. The molecule has 1 atom stereocenters. The molecule has 4 nitrogen and oxygen atoms in total. The highest BCUT2D eigenvalue weighted by Gasteiger charge is 2.54. The van der Waals surface area contributed by atoms with Gasteiger partial charge in [-0.3, -0.25) is 0 Å². The molecule has 0 aliphatic rings. The van der Waals surface area contributed by atoms with Crippen molar-refractivity contribution < 1.29 is 23.0 Å². The van der Waals surface area contributed by atoms with E-state index in [-0.39, 0.29) is 5.75 Å². The van der Waals surface area contributed by atoms with Crippen molar-refractivity contribution in [1.82, 2.24) is 4.90 Å². The Labute approximate surface area is 133 Å². The lowest BCUT2D eigenvalue weighted by molar-refractivity contribution is -0.245. The van der Waals surface area contributed by atoms with Crippen molar-refractivity contribution in [1.29, 1.82) is 0 Å². The maximum Gasteiger partial charge on any atom is 0.425 e. The van der Waals surface area contributed by atoms with Gasteiger partial charge in [0.2, 0.25) is 5.60 Å². The Bertz CT molecular complexity index is 600. The molecule has 1 aromatic rings. The summed E-state index contributed by atoms with van der Waals surface area (Å²) >= 11 is 0. The maximum atomic E-state index is 13.2. The number of aliphatic imine (C=N–C) groups is 1. The van der Waals surface area contributed by atoms with Crippen LogP contribution in [0.4, 0.5) is 18.9 Å². The number of hydrogen-bond acceptors (Lipinski definition) is 3. The summed E-state index contributed by atoms with van der Waals surface area (Å²) in [7, 11) is 3.06. The van der Waals surface area contributed by atoms with E-state index in [4.69, 9.17) is 4.74 Å². The van der Waals surface area contributed by atoms with Gasteiger partial charge in [0.15, 0.2) is 0 Å². The van der Waals surface area contributed by atoms with Crippen LogP contribution in [0.5, 0.6) is 5.75 Å². The topological polar surface area (TPSA) is 45.1 Å². The summed E-state index contributed by atoms with van der Waals surface area (Å²) in [6.45, 7) is 7.40. The number of hydrogen-bond donors (Lipinski definition) is 1. The molecule has 1 N–H and O–H groups in total. The van der Waals surface area contributed by atoms with E-state index in [2.05, 4.69) is 11.6 Å². The van der Waals surface area contributed by atoms with Gasteiger partial charge in [0.25, 0.3) is 0 Å². The lowest BCUT2D eigenvalue weighted by Gasteiger charge is -2.29. The molecule has 0 fully saturated rings. The number of halogens is 3. The van der Waals surface area contributed by atoms with Crippen LogP contribution in [0.3, 0.4) is 0 Å². The van der Waals surface area contributed by atoms with Gasteiger partial charge in [-0.2, -0.15) is 13.2 Å². The number of nitrogens with zero attached hydrogens (tertiary/aromatic N) is 2. The fourth-order valence-electron chi connectivity index (χ4n) is 1.90. The van der Waals surface area contributed by atoms with Crippen molar-refractivity contribution in [2.75, 3.05) is 20.7 Å². The lowest BCUT2D eigenvalue weighted by Crippen LogP contribution is -2.40. The largest absolute Gasteiger partial charge is 0.496 e. The van der Waals surface area contributed by atoms with Crippen LogP contribution in [0.15, 0.2) is 29.8 Å². The van der Waals surface area contributed by atoms with Crippen molar-refractivity contribution in [3.05, 3.63) is 35.9 Å². The lowest BCUT2D eigenvalue weighted by atomic mass is 9.90. The van der Waals surface area contributed by atoms with Crippen LogP contribution < -0.4 is 4.74 Å². The summed E-state index contributed by atoms with van der Waals surface area (Å²) in [4.78, 5) is 6.04.